The molecule has 1 N–H and O–H groups in total. The molecule has 0 saturated carbocycles. The minimum Gasteiger partial charge on any atom is -0.480 e. The zero-order valence-electron chi connectivity index (χ0n) is 10.3. The average Bonchev–Trinajstić information content (AvgIpc) is 1.99. The van der Waals surface area contributed by atoms with E-state index in [-0.39, 0.29) is 11.5 Å². The highest BCUT2D eigenvalue weighted by atomic mass is 16.4. The fraction of sp³-hybridized carbons (Fsp3) is 0.917. The van der Waals surface area contributed by atoms with Gasteiger partial charge in [0.2, 0.25) is 0 Å². The third-order valence-electron chi connectivity index (χ3n) is 3.11. The predicted molar refractivity (Wildman–Crippen MR) is 60.8 cm³/mol. The van der Waals surface area contributed by atoms with Crippen molar-refractivity contribution in [3.05, 3.63) is 0 Å². The van der Waals surface area contributed by atoms with Gasteiger partial charge in [0.05, 0.1) is 0 Å². The van der Waals surface area contributed by atoms with Crippen LogP contribution in [0.15, 0.2) is 0 Å². The van der Waals surface area contributed by atoms with Crippen molar-refractivity contribution in [2.24, 2.45) is 11.3 Å². The lowest BCUT2D eigenvalue weighted by molar-refractivity contribution is -0.148. The number of hydrogen-bond donors (Lipinski definition) is 1. The third-order valence-corrected chi connectivity index (χ3v) is 3.11. The lowest BCUT2D eigenvalue weighted by atomic mass is 9.84. The topological polar surface area (TPSA) is 40.5 Å². The lowest BCUT2D eigenvalue weighted by Crippen LogP contribution is -2.52. The Morgan fingerprint density at radius 2 is 2.07 bits per heavy atom. The van der Waals surface area contributed by atoms with Gasteiger partial charge in [0.25, 0.3) is 0 Å². The highest BCUT2D eigenvalue weighted by Gasteiger charge is 2.37. The van der Waals surface area contributed by atoms with E-state index in [4.69, 9.17) is 0 Å². The predicted octanol–water partition coefficient (Wildman–Crippen LogP) is 2.22. The molecule has 0 spiro atoms. The number of aliphatic carboxylic acids is 1. The monoisotopic (exact) mass is 213 g/mol. The zero-order chi connectivity index (χ0) is 11.6. The Balaban J connectivity index is 2.76. The molecule has 1 saturated heterocycles. The zero-order valence-corrected chi connectivity index (χ0v) is 10.3. The van der Waals surface area contributed by atoms with E-state index in [1.165, 1.54) is 6.42 Å². The van der Waals surface area contributed by atoms with E-state index in [1.54, 1.807) is 0 Å². The van der Waals surface area contributed by atoms with Gasteiger partial charge in [0.15, 0.2) is 0 Å². The molecule has 88 valence electrons. The highest BCUT2D eigenvalue weighted by molar-refractivity contribution is 5.74. The molecule has 2 atom stereocenters. The number of nitrogens with zero attached hydrogens (tertiary/aromatic N) is 1. The maximum Gasteiger partial charge on any atom is 0.321 e. The normalized spacial score (nSPS) is 26.3. The summed E-state index contributed by atoms with van der Waals surface area (Å²) >= 11 is 0. The molecular weight excluding hydrogens is 190 g/mol. The Bertz CT molecular complexity index is 232. The quantitative estimate of drug-likeness (QED) is 0.764. The van der Waals surface area contributed by atoms with E-state index < -0.39 is 5.97 Å². The van der Waals surface area contributed by atoms with Crippen LogP contribution in [0, 0.1) is 11.3 Å². The van der Waals surface area contributed by atoms with Gasteiger partial charge in [0.1, 0.15) is 6.04 Å². The molecule has 1 heterocycles. The van der Waals surface area contributed by atoms with Gasteiger partial charge in [0, 0.05) is 6.54 Å². The number of carboxylic acids is 1. The van der Waals surface area contributed by atoms with Crippen LogP contribution in [0.2, 0.25) is 0 Å². The molecule has 1 aliphatic heterocycles. The van der Waals surface area contributed by atoms with Crippen LogP contribution in [0.3, 0.4) is 0 Å². The summed E-state index contributed by atoms with van der Waals surface area (Å²) in [6, 6.07) is -0.347. The van der Waals surface area contributed by atoms with Crippen molar-refractivity contribution in [2.45, 2.75) is 46.6 Å². The second-order valence-electron chi connectivity index (χ2n) is 5.85. The summed E-state index contributed by atoms with van der Waals surface area (Å²) in [5.74, 6) is -0.0560. The number of carbonyl (C=O) groups is 1. The first-order valence-corrected chi connectivity index (χ1v) is 5.79. The Labute approximate surface area is 92.5 Å². The lowest BCUT2D eigenvalue weighted by Gasteiger charge is -2.41. The number of carboxylic acid groups (broad SMARTS) is 1. The molecule has 1 aliphatic rings. The van der Waals surface area contributed by atoms with Gasteiger partial charge in [-0.1, -0.05) is 27.7 Å². The summed E-state index contributed by atoms with van der Waals surface area (Å²) in [5.41, 5.74) is -0.192. The summed E-state index contributed by atoms with van der Waals surface area (Å²) in [5, 5.41) is 9.31. The molecule has 0 aliphatic carbocycles. The van der Waals surface area contributed by atoms with E-state index >= 15 is 0 Å². The second-order valence-corrected chi connectivity index (χ2v) is 5.85. The first-order valence-electron chi connectivity index (χ1n) is 5.79. The largest absolute Gasteiger partial charge is 0.480 e. The first-order chi connectivity index (χ1) is 6.82. The van der Waals surface area contributed by atoms with E-state index in [0.717, 1.165) is 19.5 Å². The maximum absolute atomic E-state index is 11.3. The smallest absolute Gasteiger partial charge is 0.321 e. The molecule has 1 fully saturated rings. The Morgan fingerprint density at radius 1 is 1.47 bits per heavy atom. The molecular formula is C12H23NO2. The van der Waals surface area contributed by atoms with E-state index in [0.29, 0.717) is 5.92 Å². The molecule has 1 rings (SSSR count). The van der Waals surface area contributed by atoms with Crippen LogP contribution in [0.5, 0.6) is 0 Å². The van der Waals surface area contributed by atoms with Gasteiger partial charge in [-0.15, -0.1) is 0 Å². The maximum atomic E-state index is 11.3. The van der Waals surface area contributed by atoms with Crippen LogP contribution in [0.4, 0.5) is 0 Å². The molecule has 15 heavy (non-hydrogen) atoms. The Hall–Kier alpha value is -0.570. The minimum absolute atomic E-state index is 0.192. The summed E-state index contributed by atoms with van der Waals surface area (Å²) in [4.78, 5) is 13.4. The van der Waals surface area contributed by atoms with Crippen molar-refractivity contribution in [1.29, 1.82) is 0 Å². The molecule has 2 unspecified atom stereocenters. The fourth-order valence-corrected chi connectivity index (χ4v) is 2.53. The van der Waals surface area contributed by atoms with Gasteiger partial charge >= 0.3 is 5.97 Å². The molecule has 0 amide bonds. The van der Waals surface area contributed by atoms with Gasteiger partial charge in [-0.3, -0.25) is 9.69 Å². The van der Waals surface area contributed by atoms with Crippen molar-refractivity contribution in [1.82, 2.24) is 4.90 Å². The van der Waals surface area contributed by atoms with Gasteiger partial charge in [-0.25, -0.2) is 0 Å². The standard InChI is InChI=1S/C12H23NO2/c1-9-6-5-7-13(8-9)10(11(14)15)12(2,3)4/h9-10H,5-8H2,1-4H3,(H,14,15). The minimum atomic E-state index is -0.684. The number of hydrogen-bond acceptors (Lipinski definition) is 2. The van der Waals surface area contributed by atoms with Crippen molar-refractivity contribution < 1.29 is 9.90 Å². The van der Waals surface area contributed by atoms with Crippen LogP contribution in [-0.4, -0.2) is 35.1 Å². The molecule has 0 aromatic rings. The Kier molecular flexibility index (Phi) is 3.77. The van der Waals surface area contributed by atoms with Crippen LogP contribution in [-0.2, 0) is 4.79 Å². The van der Waals surface area contributed by atoms with Gasteiger partial charge < -0.3 is 5.11 Å². The van der Waals surface area contributed by atoms with E-state index in [2.05, 4.69) is 11.8 Å². The Morgan fingerprint density at radius 3 is 2.47 bits per heavy atom. The molecule has 0 aromatic heterocycles. The third kappa shape index (κ3) is 3.20. The number of likely N-dealkylation sites (tertiary alicyclic amines) is 1. The number of rotatable bonds is 2. The van der Waals surface area contributed by atoms with Crippen molar-refractivity contribution >= 4 is 5.97 Å². The second kappa shape index (κ2) is 4.52. The summed E-state index contributed by atoms with van der Waals surface area (Å²) < 4.78 is 0. The van der Waals surface area contributed by atoms with Crippen molar-refractivity contribution in [3.8, 4) is 0 Å². The van der Waals surface area contributed by atoms with Crippen molar-refractivity contribution in [2.75, 3.05) is 13.1 Å². The molecule has 3 heteroatoms. The van der Waals surface area contributed by atoms with E-state index in [1.807, 2.05) is 20.8 Å². The number of piperidine rings is 1. The van der Waals surface area contributed by atoms with Gasteiger partial charge in [-0.2, -0.15) is 0 Å². The first kappa shape index (κ1) is 12.5. The molecule has 3 nitrogen and oxygen atoms in total. The van der Waals surface area contributed by atoms with Gasteiger partial charge in [-0.05, 0) is 30.7 Å². The fourth-order valence-electron chi connectivity index (χ4n) is 2.53. The van der Waals surface area contributed by atoms with Crippen LogP contribution < -0.4 is 0 Å². The summed E-state index contributed by atoms with van der Waals surface area (Å²) in [6.45, 7) is 10.1. The summed E-state index contributed by atoms with van der Waals surface area (Å²) in [6.07, 6.45) is 2.36. The van der Waals surface area contributed by atoms with E-state index in [9.17, 15) is 9.90 Å². The van der Waals surface area contributed by atoms with Crippen LogP contribution >= 0.6 is 0 Å². The molecule has 0 radical (unpaired) electrons. The van der Waals surface area contributed by atoms with Crippen LogP contribution in [0.1, 0.15) is 40.5 Å². The molecule has 0 bridgehead atoms. The van der Waals surface area contributed by atoms with Crippen molar-refractivity contribution in [3.63, 3.8) is 0 Å². The SMILES string of the molecule is CC1CCCN(C(C(=O)O)C(C)(C)C)C1. The van der Waals surface area contributed by atoms with Crippen LogP contribution in [0.25, 0.3) is 0 Å². The highest BCUT2D eigenvalue weighted by Crippen LogP contribution is 2.28. The molecule has 0 aromatic carbocycles. The average molecular weight is 213 g/mol. The summed E-state index contributed by atoms with van der Waals surface area (Å²) in [7, 11) is 0.